The van der Waals surface area contributed by atoms with Gasteiger partial charge < -0.3 is 10.1 Å². The zero-order valence-electron chi connectivity index (χ0n) is 10.8. The Morgan fingerprint density at radius 3 is 2.38 bits per heavy atom. The average molecular weight is 221 g/mol. The van der Waals surface area contributed by atoms with Crippen LogP contribution in [0.3, 0.4) is 0 Å². The molecule has 0 aliphatic carbocycles. The molecule has 0 saturated heterocycles. The topological polar surface area (TPSA) is 21.3 Å². The van der Waals surface area contributed by atoms with E-state index in [1.165, 1.54) is 12.0 Å². The lowest BCUT2D eigenvalue weighted by atomic mass is 10.0. The lowest BCUT2D eigenvalue weighted by molar-refractivity contribution is 0.228. The first-order valence-electron chi connectivity index (χ1n) is 6.04. The van der Waals surface area contributed by atoms with Crippen LogP contribution >= 0.6 is 0 Å². The van der Waals surface area contributed by atoms with E-state index in [1.54, 1.807) is 0 Å². The first-order chi connectivity index (χ1) is 7.67. The quantitative estimate of drug-likeness (QED) is 0.797. The standard InChI is InChI=1S/C14H23NO/c1-5-12(3)14(15-4)10-16-13-8-6-11(2)7-9-13/h6-9,12,14-15H,5,10H2,1-4H3. The number of rotatable bonds is 6. The molecular formula is C14H23NO. The van der Waals surface area contributed by atoms with Crippen molar-refractivity contribution in [1.82, 2.24) is 5.32 Å². The van der Waals surface area contributed by atoms with E-state index in [0.29, 0.717) is 12.0 Å². The van der Waals surface area contributed by atoms with Crippen LogP contribution in [0.15, 0.2) is 24.3 Å². The molecule has 2 nitrogen and oxygen atoms in total. The van der Waals surface area contributed by atoms with Gasteiger partial charge in [0.1, 0.15) is 12.4 Å². The lowest BCUT2D eigenvalue weighted by Crippen LogP contribution is -2.37. The van der Waals surface area contributed by atoms with Gasteiger partial charge in [0, 0.05) is 6.04 Å². The number of nitrogens with one attached hydrogen (secondary N) is 1. The number of aryl methyl sites for hydroxylation is 1. The summed E-state index contributed by atoms with van der Waals surface area (Å²) in [6.45, 7) is 7.27. The molecule has 2 atom stereocenters. The van der Waals surface area contributed by atoms with Crippen molar-refractivity contribution in [1.29, 1.82) is 0 Å². The van der Waals surface area contributed by atoms with Crippen molar-refractivity contribution in [3.63, 3.8) is 0 Å². The summed E-state index contributed by atoms with van der Waals surface area (Å²) in [4.78, 5) is 0. The molecule has 16 heavy (non-hydrogen) atoms. The number of hydrogen-bond acceptors (Lipinski definition) is 2. The van der Waals surface area contributed by atoms with Crippen LogP contribution in [0.2, 0.25) is 0 Å². The predicted molar refractivity (Wildman–Crippen MR) is 69.0 cm³/mol. The van der Waals surface area contributed by atoms with Gasteiger partial charge in [0.15, 0.2) is 0 Å². The van der Waals surface area contributed by atoms with Gasteiger partial charge in [0.05, 0.1) is 0 Å². The van der Waals surface area contributed by atoms with Crippen LogP contribution in [0.25, 0.3) is 0 Å². The van der Waals surface area contributed by atoms with Gasteiger partial charge in [-0.25, -0.2) is 0 Å². The summed E-state index contributed by atoms with van der Waals surface area (Å²) >= 11 is 0. The molecule has 90 valence electrons. The van der Waals surface area contributed by atoms with Gasteiger partial charge in [-0.3, -0.25) is 0 Å². The molecule has 0 heterocycles. The highest BCUT2D eigenvalue weighted by Crippen LogP contribution is 2.14. The second-order valence-electron chi connectivity index (χ2n) is 4.40. The second-order valence-corrected chi connectivity index (χ2v) is 4.40. The zero-order valence-corrected chi connectivity index (χ0v) is 10.8. The Morgan fingerprint density at radius 2 is 1.88 bits per heavy atom. The van der Waals surface area contributed by atoms with Crippen LogP contribution in [-0.4, -0.2) is 19.7 Å². The maximum Gasteiger partial charge on any atom is 0.119 e. The Kier molecular flexibility index (Phi) is 5.33. The van der Waals surface area contributed by atoms with E-state index in [9.17, 15) is 0 Å². The van der Waals surface area contributed by atoms with Gasteiger partial charge in [0.2, 0.25) is 0 Å². The van der Waals surface area contributed by atoms with Crippen molar-refractivity contribution in [3.05, 3.63) is 29.8 Å². The SMILES string of the molecule is CCC(C)C(COc1ccc(C)cc1)NC. The molecule has 2 heteroatoms. The van der Waals surface area contributed by atoms with Crippen molar-refractivity contribution >= 4 is 0 Å². The predicted octanol–water partition coefficient (Wildman–Crippen LogP) is 3.01. The number of ether oxygens (including phenoxy) is 1. The van der Waals surface area contributed by atoms with E-state index < -0.39 is 0 Å². The maximum absolute atomic E-state index is 5.77. The maximum atomic E-state index is 5.77. The third kappa shape index (κ3) is 3.86. The van der Waals surface area contributed by atoms with Gasteiger partial charge >= 0.3 is 0 Å². The first-order valence-corrected chi connectivity index (χ1v) is 6.04. The molecule has 1 aromatic rings. The van der Waals surface area contributed by atoms with Crippen LogP contribution < -0.4 is 10.1 Å². The van der Waals surface area contributed by atoms with Gasteiger partial charge in [-0.1, -0.05) is 38.0 Å². The van der Waals surface area contributed by atoms with Crippen molar-refractivity contribution in [2.75, 3.05) is 13.7 Å². The smallest absolute Gasteiger partial charge is 0.119 e. The summed E-state index contributed by atoms with van der Waals surface area (Å²) in [6.07, 6.45) is 1.17. The number of benzene rings is 1. The van der Waals surface area contributed by atoms with Crippen molar-refractivity contribution in [2.24, 2.45) is 5.92 Å². The molecule has 0 bridgehead atoms. The highest BCUT2D eigenvalue weighted by Gasteiger charge is 2.13. The van der Waals surface area contributed by atoms with E-state index >= 15 is 0 Å². The van der Waals surface area contributed by atoms with Gasteiger partial charge in [-0.15, -0.1) is 0 Å². The molecule has 1 aromatic carbocycles. The van der Waals surface area contributed by atoms with E-state index in [-0.39, 0.29) is 0 Å². The van der Waals surface area contributed by atoms with Gasteiger partial charge in [-0.2, -0.15) is 0 Å². The molecule has 1 N–H and O–H groups in total. The van der Waals surface area contributed by atoms with Crippen LogP contribution in [0.5, 0.6) is 5.75 Å². The molecular weight excluding hydrogens is 198 g/mol. The molecule has 0 saturated carbocycles. The minimum Gasteiger partial charge on any atom is -0.492 e. The van der Waals surface area contributed by atoms with E-state index in [1.807, 2.05) is 19.2 Å². The highest BCUT2D eigenvalue weighted by molar-refractivity contribution is 5.26. The first kappa shape index (κ1) is 13.0. The Labute approximate surface area is 99.0 Å². The fourth-order valence-corrected chi connectivity index (χ4v) is 1.64. The normalized spacial score (nSPS) is 14.5. The Hall–Kier alpha value is -1.02. The minimum atomic E-state index is 0.423. The van der Waals surface area contributed by atoms with Crippen LogP contribution in [0.4, 0.5) is 0 Å². The Morgan fingerprint density at radius 1 is 1.25 bits per heavy atom. The molecule has 0 amide bonds. The summed E-state index contributed by atoms with van der Waals surface area (Å²) in [5.74, 6) is 1.59. The minimum absolute atomic E-state index is 0.423. The summed E-state index contributed by atoms with van der Waals surface area (Å²) in [5.41, 5.74) is 1.26. The molecule has 0 fully saturated rings. The average Bonchev–Trinajstić information content (AvgIpc) is 2.31. The number of hydrogen-bond donors (Lipinski definition) is 1. The third-order valence-corrected chi connectivity index (χ3v) is 3.15. The van der Waals surface area contributed by atoms with E-state index in [0.717, 1.165) is 12.4 Å². The summed E-state index contributed by atoms with van der Waals surface area (Å²) in [6, 6.07) is 8.63. The largest absolute Gasteiger partial charge is 0.492 e. The second kappa shape index (κ2) is 6.54. The van der Waals surface area contributed by atoms with Crippen LogP contribution in [0, 0.1) is 12.8 Å². The molecule has 0 spiro atoms. The van der Waals surface area contributed by atoms with E-state index in [2.05, 4.69) is 38.2 Å². The van der Waals surface area contributed by atoms with Gasteiger partial charge in [0.25, 0.3) is 0 Å². The third-order valence-electron chi connectivity index (χ3n) is 3.15. The van der Waals surface area contributed by atoms with Crippen molar-refractivity contribution < 1.29 is 4.74 Å². The zero-order chi connectivity index (χ0) is 12.0. The fraction of sp³-hybridized carbons (Fsp3) is 0.571. The van der Waals surface area contributed by atoms with Gasteiger partial charge in [-0.05, 0) is 32.0 Å². The lowest BCUT2D eigenvalue weighted by Gasteiger charge is -2.22. The van der Waals surface area contributed by atoms with Crippen molar-refractivity contribution in [3.8, 4) is 5.75 Å². The van der Waals surface area contributed by atoms with E-state index in [4.69, 9.17) is 4.74 Å². The molecule has 0 aliphatic heterocycles. The summed E-state index contributed by atoms with van der Waals surface area (Å²) in [5, 5.41) is 3.31. The van der Waals surface area contributed by atoms with Crippen LogP contribution in [-0.2, 0) is 0 Å². The Bertz CT molecular complexity index is 294. The number of likely N-dealkylation sites (N-methyl/N-ethyl adjacent to an activating group) is 1. The summed E-state index contributed by atoms with van der Waals surface area (Å²) < 4.78 is 5.77. The summed E-state index contributed by atoms with van der Waals surface area (Å²) in [7, 11) is 2.00. The Balaban J connectivity index is 2.46. The van der Waals surface area contributed by atoms with Crippen LogP contribution in [0.1, 0.15) is 25.8 Å². The molecule has 2 unspecified atom stereocenters. The van der Waals surface area contributed by atoms with Crippen molar-refractivity contribution in [2.45, 2.75) is 33.2 Å². The molecule has 0 radical (unpaired) electrons. The molecule has 1 rings (SSSR count). The molecule has 0 aromatic heterocycles. The monoisotopic (exact) mass is 221 g/mol. The highest BCUT2D eigenvalue weighted by atomic mass is 16.5. The fourth-order valence-electron chi connectivity index (χ4n) is 1.64. The molecule has 0 aliphatic rings.